The van der Waals surface area contributed by atoms with E-state index in [4.69, 9.17) is 27.9 Å². The quantitative estimate of drug-likeness (QED) is 0.503. The van der Waals surface area contributed by atoms with Crippen molar-refractivity contribution >= 4 is 52.0 Å². The van der Waals surface area contributed by atoms with E-state index in [0.29, 0.717) is 32.7 Å². The van der Waals surface area contributed by atoms with Crippen LogP contribution >= 0.6 is 23.2 Å². The number of nitrogens with zero attached hydrogens (tertiary/aromatic N) is 1. The van der Waals surface area contributed by atoms with Crippen molar-refractivity contribution in [2.75, 3.05) is 17.3 Å². The van der Waals surface area contributed by atoms with Gasteiger partial charge in [-0.1, -0.05) is 59.6 Å². The molecule has 0 radical (unpaired) electrons. The maximum Gasteiger partial charge on any atom is 0.282 e. The second-order valence-corrected chi connectivity index (χ2v) is 7.84. The number of aryl methyl sites for hydroxylation is 1. The summed E-state index contributed by atoms with van der Waals surface area (Å²) in [5.74, 6) is -0.441. The molecule has 0 saturated heterocycles. The van der Waals surface area contributed by atoms with Crippen LogP contribution in [0.2, 0.25) is 10.0 Å². The van der Waals surface area contributed by atoms with Crippen LogP contribution in [0.25, 0.3) is 5.57 Å². The smallest absolute Gasteiger partial charge is 0.282 e. The molecule has 0 aromatic heterocycles. The number of hydrogen-bond acceptors (Lipinski definition) is 4. The minimum absolute atomic E-state index is 0.135. The minimum Gasteiger partial charge on any atom is -0.495 e. The van der Waals surface area contributed by atoms with Gasteiger partial charge in [-0.05, 0) is 48.4 Å². The van der Waals surface area contributed by atoms with Crippen molar-refractivity contribution in [3.8, 4) is 5.75 Å². The van der Waals surface area contributed by atoms with Crippen LogP contribution < -0.4 is 15.0 Å². The number of ether oxygens (including phenoxy) is 1. The zero-order valence-corrected chi connectivity index (χ0v) is 18.3. The molecular weight excluding hydrogens is 435 g/mol. The van der Waals surface area contributed by atoms with Crippen molar-refractivity contribution in [1.82, 2.24) is 0 Å². The third kappa shape index (κ3) is 3.90. The fraction of sp³-hybridized carbons (Fsp3) is 0.0833. The number of anilines is 2. The molecule has 7 heteroatoms. The van der Waals surface area contributed by atoms with Crippen LogP contribution in [0, 0.1) is 6.92 Å². The third-order valence-electron chi connectivity index (χ3n) is 4.98. The molecule has 1 aliphatic heterocycles. The zero-order valence-electron chi connectivity index (χ0n) is 16.8. The van der Waals surface area contributed by atoms with Gasteiger partial charge in [0.1, 0.15) is 11.4 Å². The van der Waals surface area contributed by atoms with Gasteiger partial charge >= 0.3 is 0 Å². The van der Waals surface area contributed by atoms with Crippen LogP contribution in [0.3, 0.4) is 0 Å². The average molecular weight is 453 g/mol. The topological polar surface area (TPSA) is 58.6 Å². The van der Waals surface area contributed by atoms with Crippen LogP contribution in [-0.4, -0.2) is 18.9 Å². The number of carbonyl (C=O) groups excluding carboxylic acids is 2. The Labute approximate surface area is 189 Å². The van der Waals surface area contributed by atoms with Crippen molar-refractivity contribution in [2.45, 2.75) is 6.92 Å². The lowest BCUT2D eigenvalue weighted by molar-refractivity contribution is -0.120. The molecule has 0 atom stereocenters. The Kier molecular flexibility index (Phi) is 5.72. The highest BCUT2D eigenvalue weighted by Gasteiger charge is 2.41. The van der Waals surface area contributed by atoms with Gasteiger partial charge in [0.05, 0.1) is 24.1 Å². The molecule has 0 bridgehead atoms. The Bertz CT molecular complexity index is 1220. The molecule has 1 N–H and O–H groups in total. The van der Waals surface area contributed by atoms with Crippen LogP contribution in [0.5, 0.6) is 5.75 Å². The number of halogens is 2. The van der Waals surface area contributed by atoms with E-state index in [1.807, 2.05) is 25.1 Å². The first-order chi connectivity index (χ1) is 14.9. The van der Waals surface area contributed by atoms with Gasteiger partial charge in [0.2, 0.25) is 0 Å². The van der Waals surface area contributed by atoms with Gasteiger partial charge in [-0.25, -0.2) is 4.90 Å². The Balaban J connectivity index is 1.87. The van der Waals surface area contributed by atoms with E-state index < -0.39 is 11.8 Å². The minimum atomic E-state index is -0.490. The molecule has 5 nitrogen and oxygen atoms in total. The van der Waals surface area contributed by atoms with Gasteiger partial charge < -0.3 is 10.1 Å². The van der Waals surface area contributed by atoms with Crippen molar-refractivity contribution in [2.24, 2.45) is 0 Å². The van der Waals surface area contributed by atoms with Crippen LogP contribution in [-0.2, 0) is 9.59 Å². The number of methoxy groups -OCH3 is 1. The van der Waals surface area contributed by atoms with Crippen molar-refractivity contribution < 1.29 is 14.3 Å². The number of amides is 2. The van der Waals surface area contributed by atoms with E-state index in [9.17, 15) is 9.59 Å². The molecule has 31 heavy (non-hydrogen) atoms. The molecule has 1 aliphatic rings. The molecular formula is C24H18Cl2N2O3. The second-order valence-electron chi connectivity index (χ2n) is 6.96. The summed E-state index contributed by atoms with van der Waals surface area (Å²) in [4.78, 5) is 28.2. The lowest BCUT2D eigenvalue weighted by atomic mass is 10.0. The van der Waals surface area contributed by atoms with Gasteiger partial charge in [-0.2, -0.15) is 0 Å². The highest BCUT2D eigenvalue weighted by Crippen LogP contribution is 2.38. The molecule has 0 unspecified atom stereocenters. The van der Waals surface area contributed by atoms with Gasteiger partial charge in [0, 0.05) is 10.0 Å². The Morgan fingerprint density at radius 2 is 1.55 bits per heavy atom. The predicted octanol–water partition coefficient (Wildman–Crippen LogP) is 5.71. The highest BCUT2D eigenvalue weighted by molar-refractivity contribution is 6.46. The van der Waals surface area contributed by atoms with E-state index in [0.717, 1.165) is 10.5 Å². The first-order valence-corrected chi connectivity index (χ1v) is 10.2. The normalized spacial score (nSPS) is 13.7. The molecule has 0 aliphatic carbocycles. The number of rotatable bonds is 5. The molecule has 0 saturated carbocycles. The summed E-state index contributed by atoms with van der Waals surface area (Å²) in [6.45, 7) is 1.82. The molecule has 0 fully saturated rings. The highest BCUT2D eigenvalue weighted by atomic mass is 35.5. The number of carbonyl (C=O) groups is 2. The van der Waals surface area contributed by atoms with Crippen molar-refractivity contribution in [3.05, 3.63) is 93.6 Å². The van der Waals surface area contributed by atoms with Crippen LogP contribution in [0.4, 0.5) is 11.4 Å². The average Bonchev–Trinajstić information content (AvgIpc) is 3.00. The fourth-order valence-corrected chi connectivity index (χ4v) is 3.81. The summed E-state index contributed by atoms with van der Waals surface area (Å²) < 4.78 is 5.39. The molecule has 2 amide bonds. The maximum absolute atomic E-state index is 13.5. The lowest BCUT2D eigenvalue weighted by Gasteiger charge is -2.18. The summed E-state index contributed by atoms with van der Waals surface area (Å²) in [5, 5.41) is 3.98. The SMILES string of the molecule is COc1ccc(Cl)cc1NC1=C(c2ccccc2)C(=O)N(c2cc(Cl)ccc2C)C1=O. The third-order valence-corrected chi connectivity index (χ3v) is 5.45. The van der Waals surface area contributed by atoms with Crippen molar-refractivity contribution in [3.63, 3.8) is 0 Å². The lowest BCUT2D eigenvalue weighted by Crippen LogP contribution is -2.33. The number of benzene rings is 3. The summed E-state index contributed by atoms with van der Waals surface area (Å²) >= 11 is 12.3. The zero-order chi connectivity index (χ0) is 22.1. The van der Waals surface area contributed by atoms with E-state index in [-0.39, 0.29) is 11.3 Å². The standard InChI is InChI=1S/C24H18Cl2N2O3/c1-14-8-9-17(26)13-19(14)28-23(29)21(15-6-4-3-5-7-15)22(24(28)30)27-18-12-16(25)10-11-20(18)31-2/h3-13,27H,1-2H3. The number of imide groups is 1. The van der Waals surface area contributed by atoms with Crippen LogP contribution in [0.1, 0.15) is 11.1 Å². The van der Waals surface area contributed by atoms with E-state index in [1.165, 1.54) is 7.11 Å². The van der Waals surface area contributed by atoms with E-state index in [1.54, 1.807) is 48.5 Å². The van der Waals surface area contributed by atoms with E-state index in [2.05, 4.69) is 5.32 Å². The summed E-state index contributed by atoms with van der Waals surface area (Å²) in [6, 6.07) is 19.1. The summed E-state index contributed by atoms with van der Waals surface area (Å²) in [6.07, 6.45) is 0. The molecule has 4 rings (SSSR count). The predicted molar refractivity (Wildman–Crippen MR) is 124 cm³/mol. The fourth-order valence-electron chi connectivity index (χ4n) is 3.47. The Morgan fingerprint density at radius 1 is 0.871 bits per heavy atom. The van der Waals surface area contributed by atoms with Crippen LogP contribution in [0.15, 0.2) is 72.4 Å². The van der Waals surface area contributed by atoms with Gasteiger partial charge in [-0.3, -0.25) is 9.59 Å². The molecule has 1 heterocycles. The molecule has 0 spiro atoms. The molecule has 156 valence electrons. The molecule has 3 aromatic carbocycles. The van der Waals surface area contributed by atoms with Gasteiger partial charge in [0.25, 0.3) is 11.8 Å². The first-order valence-electron chi connectivity index (χ1n) is 9.46. The maximum atomic E-state index is 13.5. The first kappa shape index (κ1) is 21.0. The second kappa shape index (κ2) is 8.46. The van der Waals surface area contributed by atoms with E-state index >= 15 is 0 Å². The van der Waals surface area contributed by atoms with Gasteiger partial charge in [-0.15, -0.1) is 0 Å². The van der Waals surface area contributed by atoms with Gasteiger partial charge in [0.15, 0.2) is 0 Å². The largest absolute Gasteiger partial charge is 0.495 e. The van der Waals surface area contributed by atoms with Crippen molar-refractivity contribution in [1.29, 1.82) is 0 Å². The summed E-state index contributed by atoms with van der Waals surface area (Å²) in [7, 11) is 1.52. The summed E-state index contributed by atoms with van der Waals surface area (Å²) in [5.41, 5.74) is 2.67. The Hall–Kier alpha value is -3.28. The Morgan fingerprint density at radius 3 is 2.26 bits per heavy atom. The molecule has 3 aromatic rings. The monoisotopic (exact) mass is 452 g/mol. The number of hydrogen-bond donors (Lipinski definition) is 1. The number of nitrogens with one attached hydrogen (secondary N) is 1.